The zero-order valence-electron chi connectivity index (χ0n) is 21.9. The highest BCUT2D eigenvalue weighted by atomic mass is 16.2. The largest absolute Gasteiger partial charge is 0.383 e. The number of hydrogen-bond acceptors (Lipinski definition) is 7. The summed E-state index contributed by atoms with van der Waals surface area (Å²) in [6.07, 6.45) is 9.45. The Hall–Kier alpha value is -4.57. The third-order valence-electron chi connectivity index (χ3n) is 8.33. The molecule has 0 unspecified atom stereocenters. The molecule has 10 heteroatoms. The number of nitrogens with zero attached hydrogens (tertiary/aromatic N) is 7. The van der Waals surface area contributed by atoms with Crippen LogP contribution >= 0.6 is 0 Å². The first-order valence-corrected chi connectivity index (χ1v) is 13.9. The highest BCUT2D eigenvalue weighted by molar-refractivity contribution is 5.83. The van der Waals surface area contributed by atoms with Gasteiger partial charge in [0.05, 0.1) is 5.56 Å². The number of rotatable bonds is 6. The summed E-state index contributed by atoms with van der Waals surface area (Å²) < 4.78 is 3.82. The summed E-state index contributed by atoms with van der Waals surface area (Å²) >= 11 is 0. The summed E-state index contributed by atoms with van der Waals surface area (Å²) in [7, 11) is 0. The Morgan fingerprint density at radius 3 is 2.70 bits per heavy atom. The number of pyridine rings is 2. The van der Waals surface area contributed by atoms with Gasteiger partial charge in [-0.2, -0.15) is 5.10 Å². The van der Waals surface area contributed by atoms with E-state index in [9.17, 15) is 4.79 Å². The first kappa shape index (κ1) is 23.3. The van der Waals surface area contributed by atoms with Crippen LogP contribution < -0.4 is 11.1 Å². The number of likely N-dealkylation sites (tertiary alicyclic amines) is 1. The third kappa shape index (κ3) is 3.86. The number of nitrogens with two attached hydrogens (primary N) is 1. The van der Waals surface area contributed by atoms with Gasteiger partial charge in [-0.05, 0) is 79.3 Å². The maximum Gasteiger partial charge on any atom is 0.225 e. The molecule has 3 aliphatic rings. The second-order valence-corrected chi connectivity index (χ2v) is 11.0. The number of aryl methyl sites for hydroxylation is 1. The Labute approximate surface area is 230 Å². The number of fused-ring (bicyclic) bond motifs is 2. The lowest BCUT2D eigenvalue weighted by Gasteiger charge is -2.41. The number of hydrogen-bond donors (Lipinski definition) is 2. The molecule has 1 amide bonds. The summed E-state index contributed by atoms with van der Waals surface area (Å²) in [5, 5.41) is 8.16. The molecular formula is C30H29N9O. The van der Waals surface area contributed by atoms with E-state index in [2.05, 4.69) is 38.2 Å². The quantitative estimate of drug-likeness (QED) is 0.344. The number of carbonyl (C=O) groups excluding carboxylic acids is 1. The molecule has 2 aliphatic carbocycles. The van der Waals surface area contributed by atoms with Gasteiger partial charge in [0.2, 0.25) is 5.91 Å². The molecule has 40 heavy (non-hydrogen) atoms. The fourth-order valence-corrected chi connectivity index (χ4v) is 6.06. The van der Waals surface area contributed by atoms with Gasteiger partial charge in [0.15, 0.2) is 17.3 Å². The Bertz CT molecular complexity index is 1750. The number of nitrogens with one attached hydrogen (secondary N) is 1. The van der Waals surface area contributed by atoms with Crippen LogP contribution in [0, 0.1) is 5.92 Å². The molecule has 200 valence electrons. The monoisotopic (exact) mass is 531 g/mol. The minimum absolute atomic E-state index is 0.294. The van der Waals surface area contributed by atoms with Crippen molar-refractivity contribution in [1.82, 2.24) is 39.5 Å². The van der Waals surface area contributed by atoms with Crippen molar-refractivity contribution in [2.75, 3.05) is 18.8 Å². The second kappa shape index (κ2) is 8.99. The van der Waals surface area contributed by atoms with E-state index in [1.54, 1.807) is 17.1 Å². The highest BCUT2D eigenvalue weighted by Gasteiger charge is 2.40. The first-order chi connectivity index (χ1) is 19.6. The second-order valence-electron chi connectivity index (χ2n) is 11.0. The molecule has 5 aromatic rings. The van der Waals surface area contributed by atoms with Gasteiger partial charge < -0.3 is 16.0 Å². The lowest BCUT2D eigenvalue weighted by atomic mass is 10.0. The van der Waals surface area contributed by atoms with Gasteiger partial charge in [0.25, 0.3) is 0 Å². The fraction of sp³-hybridized carbons (Fsp3) is 0.300. The van der Waals surface area contributed by atoms with Gasteiger partial charge in [-0.3, -0.25) is 9.36 Å². The van der Waals surface area contributed by atoms with Crippen molar-refractivity contribution < 1.29 is 4.79 Å². The average molecular weight is 532 g/mol. The van der Waals surface area contributed by atoms with Crippen molar-refractivity contribution in [2.24, 2.45) is 5.92 Å². The van der Waals surface area contributed by atoms with Gasteiger partial charge in [-0.15, -0.1) is 0 Å². The van der Waals surface area contributed by atoms with Crippen LogP contribution in [0.1, 0.15) is 36.4 Å². The summed E-state index contributed by atoms with van der Waals surface area (Å²) in [6, 6.07) is 16.8. The first-order valence-electron chi connectivity index (χ1n) is 13.9. The number of anilines is 1. The maximum atomic E-state index is 12.3. The minimum Gasteiger partial charge on any atom is -0.383 e. The molecule has 1 aliphatic heterocycles. The molecule has 0 radical (unpaired) electrons. The summed E-state index contributed by atoms with van der Waals surface area (Å²) in [4.78, 5) is 28.6. The van der Waals surface area contributed by atoms with E-state index in [1.165, 1.54) is 11.1 Å². The van der Waals surface area contributed by atoms with Crippen LogP contribution in [0.3, 0.4) is 0 Å². The molecule has 3 N–H and O–H groups in total. The van der Waals surface area contributed by atoms with Gasteiger partial charge in [-0.25, -0.2) is 19.6 Å². The minimum atomic E-state index is 0.294. The van der Waals surface area contributed by atoms with Crippen LogP contribution in [-0.2, 0) is 11.2 Å². The molecule has 1 atom stereocenters. The topological polar surface area (TPSA) is 120 Å². The van der Waals surface area contributed by atoms with Crippen molar-refractivity contribution in [3.05, 3.63) is 78.2 Å². The summed E-state index contributed by atoms with van der Waals surface area (Å²) in [5.74, 6) is 2.48. The third-order valence-corrected chi connectivity index (χ3v) is 8.33. The summed E-state index contributed by atoms with van der Waals surface area (Å²) in [5.41, 5.74) is 12.2. The number of nitrogen functional groups attached to an aromatic ring is 1. The van der Waals surface area contributed by atoms with Crippen LogP contribution in [0.15, 0.2) is 67.1 Å². The van der Waals surface area contributed by atoms with Crippen LogP contribution in [-0.4, -0.2) is 59.2 Å². The van der Waals surface area contributed by atoms with Crippen LogP contribution in [0.25, 0.3) is 34.1 Å². The summed E-state index contributed by atoms with van der Waals surface area (Å²) in [6.45, 7) is 1.64. The molecular weight excluding hydrogens is 502 g/mol. The molecule has 5 heterocycles. The Morgan fingerprint density at radius 1 is 1.00 bits per heavy atom. The van der Waals surface area contributed by atoms with E-state index in [4.69, 9.17) is 15.7 Å². The van der Waals surface area contributed by atoms with Gasteiger partial charge in [-0.1, -0.05) is 6.07 Å². The molecule has 8 rings (SSSR count). The van der Waals surface area contributed by atoms with Crippen LogP contribution in [0.2, 0.25) is 0 Å². The van der Waals surface area contributed by atoms with Gasteiger partial charge >= 0.3 is 0 Å². The standard InChI is InChI=1S/C30H29N9O/c31-27-23(3-1-12-32-27)28-35-25-10-11-26(38-14-2-13-33-38)36-29(25)39(28)21-7-8-22-19(15-21)6-9-24(22)34-20-16-37(17-20)30(40)18-4-5-18/h1-3,7-8,10-15,18,20,24,34H,4-6,9,16-17H2,(H2,31,32)/t24-/m0/s1. The van der Waals surface area contributed by atoms with Crippen molar-refractivity contribution in [3.8, 4) is 22.9 Å². The maximum absolute atomic E-state index is 12.3. The Kier molecular flexibility index (Phi) is 5.24. The lowest BCUT2D eigenvalue weighted by molar-refractivity contribution is -0.137. The zero-order valence-corrected chi connectivity index (χ0v) is 21.9. The predicted octanol–water partition coefficient (Wildman–Crippen LogP) is 3.45. The normalized spacial score (nSPS) is 18.7. The van der Waals surface area contributed by atoms with E-state index < -0.39 is 0 Å². The fourth-order valence-electron chi connectivity index (χ4n) is 6.06. The van der Waals surface area contributed by atoms with E-state index >= 15 is 0 Å². The molecule has 0 bridgehead atoms. The molecule has 4 aromatic heterocycles. The molecule has 10 nitrogen and oxygen atoms in total. The van der Waals surface area contributed by atoms with Crippen molar-refractivity contribution in [1.29, 1.82) is 0 Å². The SMILES string of the molecule is Nc1ncccc1-c1nc2ccc(-n3cccn3)nc2n1-c1ccc2c(c1)CC[C@@H]2NC1CN(C(=O)C2CC2)C1. The molecule has 1 saturated heterocycles. The molecule has 0 spiro atoms. The predicted molar refractivity (Wildman–Crippen MR) is 151 cm³/mol. The molecule has 2 fully saturated rings. The Morgan fingerprint density at radius 2 is 1.90 bits per heavy atom. The number of aromatic nitrogens is 6. The Balaban J connectivity index is 1.15. The average Bonchev–Trinajstić information content (AvgIpc) is 3.33. The van der Waals surface area contributed by atoms with Crippen LogP contribution in [0.5, 0.6) is 0 Å². The van der Waals surface area contributed by atoms with Crippen LogP contribution in [0.4, 0.5) is 5.82 Å². The highest BCUT2D eigenvalue weighted by Crippen LogP contribution is 2.37. The van der Waals surface area contributed by atoms with Gasteiger partial charge in [0, 0.05) is 55.4 Å². The van der Waals surface area contributed by atoms with E-state index in [1.807, 2.05) is 41.4 Å². The smallest absolute Gasteiger partial charge is 0.225 e. The lowest BCUT2D eigenvalue weighted by Crippen LogP contribution is -2.60. The number of carbonyl (C=O) groups is 1. The van der Waals surface area contributed by atoms with Crippen molar-refractivity contribution >= 4 is 22.9 Å². The van der Waals surface area contributed by atoms with E-state index in [0.29, 0.717) is 41.4 Å². The number of imidazole rings is 1. The number of benzene rings is 1. The van der Waals surface area contributed by atoms with Gasteiger partial charge in [0.1, 0.15) is 11.3 Å². The zero-order chi connectivity index (χ0) is 26.8. The van der Waals surface area contributed by atoms with Crippen molar-refractivity contribution in [3.63, 3.8) is 0 Å². The number of amides is 1. The van der Waals surface area contributed by atoms with Crippen molar-refractivity contribution in [2.45, 2.75) is 37.8 Å². The molecule has 1 aromatic carbocycles. The van der Waals surface area contributed by atoms with E-state index in [0.717, 1.165) is 61.2 Å². The van der Waals surface area contributed by atoms with E-state index in [-0.39, 0.29) is 0 Å². The molecule has 1 saturated carbocycles.